The van der Waals surface area contributed by atoms with Crippen molar-refractivity contribution in [3.05, 3.63) is 54.9 Å². The maximum absolute atomic E-state index is 12.2. The molecule has 0 N–H and O–H groups in total. The summed E-state index contributed by atoms with van der Waals surface area (Å²) >= 11 is 1.04. The number of hydrogen-bond acceptors (Lipinski definition) is 13. The summed E-state index contributed by atoms with van der Waals surface area (Å²) in [6, 6.07) is 12.9. The van der Waals surface area contributed by atoms with Crippen LogP contribution in [0.15, 0.2) is 60.0 Å². The van der Waals surface area contributed by atoms with Crippen LogP contribution in [0, 0.1) is 0 Å². The topological polar surface area (TPSA) is 158 Å². The van der Waals surface area contributed by atoms with Gasteiger partial charge in [-0.25, -0.2) is 0 Å². The van der Waals surface area contributed by atoms with Crippen LogP contribution < -0.4 is 0 Å². The third kappa shape index (κ3) is 8.05. The number of nitrogens with zero attached hydrogens (tertiary/aromatic N) is 4. The van der Waals surface area contributed by atoms with Crippen LogP contribution in [0.3, 0.4) is 0 Å². The molecule has 0 unspecified atom stereocenters. The van der Waals surface area contributed by atoms with Crippen molar-refractivity contribution < 1.29 is 42.9 Å². The van der Waals surface area contributed by atoms with Crippen LogP contribution in [0.2, 0.25) is 0 Å². The predicted octanol–water partition coefficient (Wildman–Crippen LogP) is 2.93. The fraction of sp³-hybridized carbons (Fsp3) is 0.370. The molecule has 0 spiro atoms. The van der Waals surface area contributed by atoms with Gasteiger partial charge in [-0.2, -0.15) is 0 Å². The molecule has 3 aromatic rings. The van der Waals surface area contributed by atoms with Crippen molar-refractivity contribution in [3.63, 3.8) is 0 Å². The average Bonchev–Trinajstić information content (AvgIpc) is 3.34. The van der Waals surface area contributed by atoms with Crippen molar-refractivity contribution in [1.82, 2.24) is 19.7 Å². The molecule has 1 fully saturated rings. The Hall–Kier alpha value is -4.01. The number of para-hydroxylation sites is 1. The first kappa shape index (κ1) is 32.5. The van der Waals surface area contributed by atoms with Crippen molar-refractivity contribution in [2.75, 3.05) is 6.61 Å². The Labute approximate surface area is 251 Å². The smallest absolute Gasteiger partial charge is 0.303 e. The van der Waals surface area contributed by atoms with Crippen LogP contribution in [-0.2, 0) is 42.9 Å². The van der Waals surface area contributed by atoms with Crippen LogP contribution >= 0.6 is 24.2 Å². The molecule has 0 aliphatic carbocycles. The Morgan fingerprint density at radius 2 is 1.40 bits per heavy atom. The SMILES string of the molecule is CC(=O)OC[C@H]1O[C@@H](Sc2nnc(-c3ccncc3)n2-c2ccccc2)[C@H](OC(C)=O)[C@@H](OC(C)=O)[C@H]1OC(C)=O.Cl. The standard InChI is InChI=1S/C27H28N4O9S.ClH/c1-15(32)36-14-21-22(37-16(2)33)23(38-17(3)34)24(39-18(4)35)26(40-21)41-27-30-29-25(19-10-12-28-13-11-19)31(27)20-8-6-5-7-9-20;/h5-13,21-24,26H,14H2,1-4H3;1H/t21-,22+,23+,24-,26+;/m1./s1. The third-order valence-corrected chi connectivity index (χ3v) is 6.84. The van der Waals surface area contributed by atoms with E-state index in [1.165, 1.54) is 27.7 Å². The van der Waals surface area contributed by atoms with E-state index in [2.05, 4.69) is 15.2 Å². The number of thioether (sulfide) groups is 1. The highest BCUT2D eigenvalue weighted by Crippen LogP contribution is 2.39. The van der Waals surface area contributed by atoms with Gasteiger partial charge in [0.25, 0.3) is 0 Å². The maximum Gasteiger partial charge on any atom is 0.303 e. The number of pyridine rings is 1. The summed E-state index contributed by atoms with van der Waals surface area (Å²) in [6.45, 7) is 4.40. The number of esters is 4. The van der Waals surface area contributed by atoms with Crippen molar-refractivity contribution in [2.45, 2.75) is 62.7 Å². The van der Waals surface area contributed by atoms with Gasteiger partial charge in [-0.1, -0.05) is 18.2 Å². The average molecular weight is 621 g/mol. The second-order valence-electron chi connectivity index (χ2n) is 8.90. The van der Waals surface area contributed by atoms with Gasteiger partial charge in [0, 0.05) is 51.3 Å². The summed E-state index contributed by atoms with van der Waals surface area (Å²) in [4.78, 5) is 52.0. The maximum atomic E-state index is 12.2. The van der Waals surface area contributed by atoms with E-state index in [1.807, 2.05) is 30.3 Å². The van der Waals surface area contributed by atoms with Gasteiger partial charge in [-0.05, 0) is 36.0 Å². The van der Waals surface area contributed by atoms with Gasteiger partial charge >= 0.3 is 23.9 Å². The number of carbonyl (C=O) groups excluding carboxylic acids is 4. The first-order valence-corrected chi connectivity index (χ1v) is 13.4. The van der Waals surface area contributed by atoms with Crippen molar-refractivity contribution in [1.29, 1.82) is 0 Å². The zero-order valence-electron chi connectivity index (χ0n) is 23.1. The van der Waals surface area contributed by atoms with Crippen LogP contribution in [0.1, 0.15) is 27.7 Å². The fourth-order valence-electron chi connectivity index (χ4n) is 4.23. The van der Waals surface area contributed by atoms with E-state index in [-0.39, 0.29) is 19.0 Å². The number of rotatable bonds is 9. The van der Waals surface area contributed by atoms with E-state index in [9.17, 15) is 19.2 Å². The van der Waals surface area contributed by atoms with Crippen molar-refractivity contribution in [2.24, 2.45) is 0 Å². The van der Waals surface area contributed by atoms with Gasteiger partial charge < -0.3 is 23.7 Å². The molecule has 0 radical (unpaired) electrons. The molecule has 5 atom stereocenters. The van der Waals surface area contributed by atoms with Crippen molar-refractivity contribution >= 4 is 48.0 Å². The number of carbonyl (C=O) groups is 4. The highest BCUT2D eigenvalue weighted by molar-refractivity contribution is 7.99. The molecule has 1 aliphatic heterocycles. The number of benzene rings is 1. The molecule has 0 saturated carbocycles. The predicted molar refractivity (Wildman–Crippen MR) is 150 cm³/mol. The van der Waals surface area contributed by atoms with Gasteiger partial charge in [0.05, 0.1) is 0 Å². The van der Waals surface area contributed by atoms with Gasteiger partial charge in [0.2, 0.25) is 0 Å². The monoisotopic (exact) mass is 620 g/mol. The lowest BCUT2D eigenvalue weighted by Crippen LogP contribution is -2.61. The molecule has 1 aliphatic rings. The summed E-state index contributed by atoms with van der Waals surface area (Å²) in [6.07, 6.45) is -1.61. The Kier molecular flexibility index (Phi) is 11.4. The minimum absolute atomic E-state index is 0. The minimum atomic E-state index is -1.29. The summed E-state index contributed by atoms with van der Waals surface area (Å²) in [7, 11) is 0. The molecule has 3 heterocycles. The molecule has 2 aromatic heterocycles. The van der Waals surface area contributed by atoms with Crippen molar-refractivity contribution in [3.8, 4) is 17.1 Å². The van der Waals surface area contributed by atoms with E-state index in [0.29, 0.717) is 11.0 Å². The lowest BCUT2D eigenvalue weighted by Gasteiger charge is -2.43. The largest absolute Gasteiger partial charge is 0.463 e. The molecular weight excluding hydrogens is 592 g/mol. The second kappa shape index (κ2) is 14.8. The lowest BCUT2D eigenvalue weighted by atomic mass is 9.99. The van der Waals surface area contributed by atoms with Crippen LogP contribution in [0.25, 0.3) is 17.1 Å². The first-order chi connectivity index (χ1) is 19.6. The summed E-state index contributed by atoms with van der Waals surface area (Å²) in [5.74, 6) is -2.21. The minimum Gasteiger partial charge on any atom is -0.463 e. The van der Waals surface area contributed by atoms with Gasteiger partial charge in [0.15, 0.2) is 34.7 Å². The normalized spacial score (nSPS) is 21.4. The fourth-order valence-corrected chi connectivity index (χ4v) is 5.37. The lowest BCUT2D eigenvalue weighted by molar-refractivity contribution is -0.237. The summed E-state index contributed by atoms with van der Waals surface area (Å²) in [5.41, 5.74) is 0.412. The van der Waals surface area contributed by atoms with E-state index in [0.717, 1.165) is 23.0 Å². The van der Waals surface area contributed by atoms with Gasteiger partial charge in [-0.15, -0.1) is 22.6 Å². The van der Waals surface area contributed by atoms with E-state index >= 15 is 0 Å². The molecular formula is C27H29ClN4O9S. The Morgan fingerprint density at radius 1 is 0.810 bits per heavy atom. The molecule has 0 bridgehead atoms. The quantitative estimate of drug-likeness (QED) is 0.254. The number of ether oxygens (including phenoxy) is 5. The molecule has 15 heteroatoms. The van der Waals surface area contributed by atoms with Crippen LogP contribution in [-0.4, -0.2) is 80.1 Å². The van der Waals surface area contributed by atoms with E-state index in [4.69, 9.17) is 23.7 Å². The third-order valence-electron chi connectivity index (χ3n) is 5.76. The number of aromatic nitrogens is 4. The zero-order chi connectivity index (χ0) is 29.5. The molecule has 224 valence electrons. The van der Waals surface area contributed by atoms with E-state index in [1.54, 1.807) is 29.1 Å². The molecule has 1 aromatic carbocycles. The first-order valence-electron chi connectivity index (χ1n) is 12.5. The van der Waals surface area contributed by atoms with Crippen LogP contribution in [0.5, 0.6) is 0 Å². The number of hydrogen-bond donors (Lipinski definition) is 0. The Morgan fingerprint density at radius 3 is 2.00 bits per heavy atom. The number of halogens is 1. The van der Waals surface area contributed by atoms with Crippen LogP contribution in [0.4, 0.5) is 0 Å². The Balaban J connectivity index is 0.00000484. The summed E-state index contributed by atoms with van der Waals surface area (Å²) in [5, 5.41) is 9.13. The van der Waals surface area contributed by atoms with E-state index < -0.39 is 53.7 Å². The second-order valence-corrected chi connectivity index (χ2v) is 9.96. The van der Waals surface area contributed by atoms with Gasteiger partial charge in [0.1, 0.15) is 12.7 Å². The van der Waals surface area contributed by atoms with Gasteiger partial charge in [-0.3, -0.25) is 28.7 Å². The highest BCUT2D eigenvalue weighted by atomic mass is 35.5. The molecule has 13 nitrogen and oxygen atoms in total. The molecule has 4 rings (SSSR count). The molecule has 0 amide bonds. The summed E-state index contributed by atoms with van der Waals surface area (Å²) < 4.78 is 29.7. The zero-order valence-corrected chi connectivity index (χ0v) is 24.7. The highest BCUT2D eigenvalue weighted by Gasteiger charge is 2.53. The Bertz CT molecular complexity index is 1390. The molecule has 42 heavy (non-hydrogen) atoms. The molecule has 1 saturated heterocycles.